The van der Waals surface area contributed by atoms with Crippen LogP contribution >= 0.6 is 0 Å². The van der Waals surface area contributed by atoms with Crippen molar-refractivity contribution in [3.63, 3.8) is 0 Å². The number of benzene rings is 2. The Bertz CT molecular complexity index is 928. The molecule has 0 unspecified atom stereocenters. The van der Waals surface area contributed by atoms with Gasteiger partial charge in [-0.05, 0) is 62.4 Å². The number of ether oxygens (including phenoxy) is 1. The largest absolute Gasteiger partial charge is 0.494 e. The summed E-state index contributed by atoms with van der Waals surface area (Å²) >= 11 is 0. The summed E-state index contributed by atoms with van der Waals surface area (Å²) in [7, 11) is 0. The van der Waals surface area contributed by atoms with Crippen molar-refractivity contribution in [3.8, 4) is 5.75 Å². The number of hydrogen-bond donors (Lipinski definition) is 2. The Kier molecular flexibility index (Phi) is 5.61. The van der Waals surface area contributed by atoms with E-state index in [9.17, 15) is 9.18 Å². The summed E-state index contributed by atoms with van der Waals surface area (Å²) in [5.41, 5.74) is 1.50. The van der Waals surface area contributed by atoms with Gasteiger partial charge < -0.3 is 15.4 Å². The molecule has 138 valence electrons. The molecule has 0 fully saturated rings. The van der Waals surface area contributed by atoms with Gasteiger partial charge in [0, 0.05) is 17.4 Å². The number of nitrogens with zero attached hydrogens (tertiary/aromatic N) is 2. The molecular weight excluding hydrogens is 347 g/mol. The summed E-state index contributed by atoms with van der Waals surface area (Å²) in [6.07, 6.45) is 0. The number of amides is 1. The maximum Gasteiger partial charge on any atom is 0.274 e. The van der Waals surface area contributed by atoms with Crippen molar-refractivity contribution in [2.45, 2.75) is 13.8 Å². The second-order valence-electron chi connectivity index (χ2n) is 5.73. The molecule has 0 radical (unpaired) electrons. The van der Waals surface area contributed by atoms with E-state index in [0.29, 0.717) is 23.9 Å². The molecule has 0 saturated carbocycles. The molecular formula is C20H19FN4O2. The predicted molar refractivity (Wildman–Crippen MR) is 102 cm³/mol. The molecule has 0 spiro atoms. The van der Waals surface area contributed by atoms with E-state index < -0.39 is 5.91 Å². The minimum Gasteiger partial charge on any atom is -0.494 e. The van der Waals surface area contributed by atoms with Gasteiger partial charge in [-0.2, -0.15) is 0 Å². The Labute approximate surface area is 156 Å². The lowest BCUT2D eigenvalue weighted by molar-refractivity contribution is 0.102. The van der Waals surface area contributed by atoms with Gasteiger partial charge in [0.15, 0.2) is 0 Å². The third kappa shape index (κ3) is 5.01. The van der Waals surface area contributed by atoms with Crippen molar-refractivity contribution in [1.82, 2.24) is 9.97 Å². The second kappa shape index (κ2) is 8.27. The first-order valence-corrected chi connectivity index (χ1v) is 8.46. The van der Waals surface area contributed by atoms with Crippen LogP contribution < -0.4 is 15.4 Å². The van der Waals surface area contributed by atoms with Gasteiger partial charge in [0.05, 0.1) is 6.61 Å². The van der Waals surface area contributed by atoms with Gasteiger partial charge in [-0.25, -0.2) is 14.4 Å². The van der Waals surface area contributed by atoms with Crippen molar-refractivity contribution < 1.29 is 13.9 Å². The van der Waals surface area contributed by atoms with Gasteiger partial charge in [-0.1, -0.05) is 0 Å². The highest BCUT2D eigenvalue weighted by Crippen LogP contribution is 2.20. The average Bonchev–Trinajstić information content (AvgIpc) is 2.65. The minimum atomic E-state index is -0.401. The lowest BCUT2D eigenvalue weighted by Gasteiger charge is -2.10. The molecule has 7 heteroatoms. The summed E-state index contributed by atoms with van der Waals surface area (Å²) in [6.45, 7) is 4.23. The van der Waals surface area contributed by atoms with Gasteiger partial charge in [0.1, 0.15) is 28.9 Å². The molecule has 0 bridgehead atoms. The van der Waals surface area contributed by atoms with Crippen LogP contribution in [0.1, 0.15) is 23.2 Å². The molecule has 0 aliphatic rings. The molecule has 0 saturated heterocycles. The summed E-state index contributed by atoms with van der Waals surface area (Å²) in [5, 5.41) is 5.83. The van der Waals surface area contributed by atoms with Gasteiger partial charge in [0.2, 0.25) is 0 Å². The van der Waals surface area contributed by atoms with Crippen LogP contribution in [0.25, 0.3) is 0 Å². The summed E-state index contributed by atoms with van der Waals surface area (Å²) in [4.78, 5) is 20.9. The van der Waals surface area contributed by atoms with Crippen molar-refractivity contribution in [3.05, 3.63) is 71.9 Å². The van der Waals surface area contributed by atoms with E-state index in [2.05, 4.69) is 20.6 Å². The summed E-state index contributed by atoms with van der Waals surface area (Å²) < 4.78 is 18.4. The Hall–Kier alpha value is -3.48. The molecule has 1 amide bonds. The Morgan fingerprint density at radius 3 is 2.37 bits per heavy atom. The van der Waals surface area contributed by atoms with Crippen LogP contribution in [-0.2, 0) is 0 Å². The van der Waals surface area contributed by atoms with Crippen LogP contribution in [0.4, 0.5) is 21.6 Å². The molecule has 0 aliphatic heterocycles. The Balaban J connectivity index is 1.75. The first-order chi connectivity index (χ1) is 13.0. The van der Waals surface area contributed by atoms with Gasteiger partial charge in [-0.3, -0.25) is 4.79 Å². The van der Waals surface area contributed by atoms with Crippen LogP contribution in [0.15, 0.2) is 54.6 Å². The predicted octanol–water partition coefficient (Wildman–Crippen LogP) is 4.32. The van der Waals surface area contributed by atoms with E-state index in [1.165, 1.54) is 24.3 Å². The lowest BCUT2D eigenvalue weighted by Crippen LogP contribution is -2.15. The van der Waals surface area contributed by atoms with Crippen LogP contribution in [0.3, 0.4) is 0 Å². The van der Waals surface area contributed by atoms with Crippen molar-refractivity contribution >= 4 is 23.1 Å². The number of carbonyl (C=O) groups is 1. The van der Waals surface area contributed by atoms with Crippen molar-refractivity contribution in [2.24, 2.45) is 0 Å². The zero-order valence-corrected chi connectivity index (χ0v) is 15.0. The standard InChI is InChI=1S/C20H19FN4O2/c1-3-27-17-10-8-15(9-11-17)24-19-12-18(22-13(2)23-19)20(26)25-16-6-4-14(21)5-7-16/h4-12H,3H2,1-2H3,(H,25,26)(H,22,23,24). The molecule has 0 atom stereocenters. The third-order valence-electron chi connectivity index (χ3n) is 3.61. The molecule has 1 heterocycles. The monoisotopic (exact) mass is 366 g/mol. The van der Waals surface area contributed by atoms with Gasteiger partial charge in [0.25, 0.3) is 5.91 Å². The van der Waals surface area contributed by atoms with Gasteiger partial charge >= 0.3 is 0 Å². The SMILES string of the molecule is CCOc1ccc(Nc2cc(C(=O)Nc3ccc(F)cc3)nc(C)n2)cc1. The molecule has 1 aromatic heterocycles. The molecule has 3 rings (SSSR count). The quantitative estimate of drug-likeness (QED) is 0.679. The third-order valence-corrected chi connectivity index (χ3v) is 3.61. The van der Waals surface area contributed by atoms with E-state index in [-0.39, 0.29) is 11.5 Å². The van der Waals surface area contributed by atoms with Crippen LogP contribution in [0, 0.1) is 12.7 Å². The fourth-order valence-corrected chi connectivity index (χ4v) is 2.43. The highest BCUT2D eigenvalue weighted by atomic mass is 19.1. The number of aromatic nitrogens is 2. The Morgan fingerprint density at radius 1 is 1.04 bits per heavy atom. The first-order valence-electron chi connectivity index (χ1n) is 8.46. The fraction of sp³-hybridized carbons (Fsp3) is 0.150. The summed E-state index contributed by atoms with van der Waals surface area (Å²) in [5.74, 6) is 0.960. The molecule has 27 heavy (non-hydrogen) atoms. The Morgan fingerprint density at radius 2 is 1.70 bits per heavy atom. The summed E-state index contributed by atoms with van der Waals surface area (Å²) in [6, 6.07) is 14.5. The zero-order chi connectivity index (χ0) is 19.2. The van der Waals surface area contributed by atoms with E-state index in [1.54, 1.807) is 13.0 Å². The van der Waals surface area contributed by atoms with Crippen LogP contribution in [0.5, 0.6) is 5.75 Å². The average molecular weight is 366 g/mol. The van der Waals surface area contributed by atoms with Crippen LogP contribution in [-0.4, -0.2) is 22.5 Å². The minimum absolute atomic E-state index is 0.209. The van der Waals surface area contributed by atoms with Gasteiger partial charge in [-0.15, -0.1) is 0 Å². The topological polar surface area (TPSA) is 76.1 Å². The maximum atomic E-state index is 13.0. The molecule has 0 aliphatic carbocycles. The number of aryl methyl sites for hydroxylation is 1. The number of halogens is 1. The maximum absolute atomic E-state index is 13.0. The zero-order valence-electron chi connectivity index (χ0n) is 15.0. The van der Waals surface area contributed by atoms with Crippen LogP contribution in [0.2, 0.25) is 0 Å². The van der Waals surface area contributed by atoms with Crippen molar-refractivity contribution in [1.29, 1.82) is 0 Å². The highest BCUT2D eigenvalue weighted by Gasteiger charge is 2.11. The number of carbonyl (C=O) groups excluding carboxylic acids is 1. The van der Waals surface area contributed by atoms with E-state index in [0.717, 1.165) is 11.4 Å². The molecule has 6 nitrogen and oxygen atoms in total. The highest BCUT2D eigenvalue weighted by molar-refractivity contribution is 6.03. The first kappa shape index (κ1) is 18.3. The number of anilines is 3. The second-order valence-corrected chi connectivity index (χ2v) is 5.73. The number of rotatable bonds is 6. The van der Waals surface area contributed by atoms with E-state index in [1.807, 2.05) is 31.2 Å². The van der Waals surface area contributed by atoms with E-state index in [4.69, 9.17) is 4.74 Å². The fourth-order valence-electron chi connectivity index (χ4n) is 2.43. The molecule has 2 aromatic carbocycles. The normalized spacial score (nSPS) is 10.3. The van der Waals surface area contributed by atoms with E-state index >= 15 is 0 Å². The van der Waals surface area contributed by atoms with Crippen molar-refractivity contribution in [2.75, 3.05) is 17.2 Å². The molecule has 2 N–H and O–H groups in total. The smallest absolute Gasteiger partial charge is 0.274 e. The lowest BCUT2D eigenvalue weighted by atomic mass is 10.2. The molecule has 3 aromatic rings. The number of nitrogens with one attached hydrogen (secondary N) is 2. The number of hydrogen-bond acceptors (Lipinski definition) is 5.